The Kier molecular flexibility index (Phi) is 5.28. The molecule has 1 unspecified atom stereocenters. The third-order valence-electron chi connectivity index (χ3n) is 4.50. The molecule has 0 saturated heterocycles. The summed E-state index contributed by atoms with van der Waals surface area (Å²) >= 11 is 0. The van der Waals surface area contributed by atoms with Crippen LogP contribution in [0, 0.1) is 0 Å². The van der Waals surface area contributed by atoms with Crippen LogP contribution in [0.3, 0.4) is 0 Å². The number of aromatic nitrogens is 2. The van der Waals surface area contributed by atoms with E-state index >= 15 is 0 Å². The lowest BCUT2D eigenvalue weighted by molar-refractivity contribution is -0.140. The highest BCUT2D eigenvalue weighted by atomic mass is 19.4. The predicted octanol–water partition coefficient (Wildman–Crippen LogP) is 2.70. The highest BCUT2D eigenvalue weighted by Gasteiger charge is 2.30. The highest BCUT2D eigenvalue weighted by molar-refractivity contribution is 5.97. The zero-order valence-electron chi connectivity index (χ0n) is 14.9. The second-order valence-corrected chi connectivity index (χ2v) is 6.39. The van der Waals surface area contributed by atoms with Crippen molar-refractivity contribution in [1.29, 1.82) is 0 Å². The molecule has 0 radical (unpaired) electrons. The number of halogens is 3. The minimum absolute atomic E-state index is 0.0122. The molecule has 6 nitrogen and oxygen atoms in total. The maximum atomic E-state index is 12.9. The lowest BCUT2D eigenvalue weighted by Gasteiger charge is -2.27. The first kappa shape index (κ1) is 19.7. The molecule has 1 atom stereocenters. The number of fused-ring (bicyclic) bond motifs is 1. The first-order valence-corrected chi connectivity index (χ1v) is 8.43. The summed E-state index contributed by atoms with van der Waals surface area (Å²) in [7, 11) is 1.50. The quantitative estimate of drug-likeness (QED) is 0.700. The van der Waals surface area contributed by atoms with E-state index in [4.69, 9.17) is 0 Å². The van der Waals surface area contributed by atoms with E-state index in [1.807, 2.05) is 0 Å². The molecule has 0 saturated carbocycles. The van der Waals surface area contributed by atoms with Crippen molar-refractivity contribution in [3.8, 4) is 0 Å². The van der Waals surface area contributed by atoms with E-state index in [2.05, 4.69) is 4.98 Å². The Hall–Kier alpha value is -3.07. The molecule has 3 rings (SSSR count). The topological polar surface area (TPSA) is 78.3 Å². The van der Waals surface area contributed by atoms with Gasteiger partial charge in [-0.3, -0.25) is 9.36 Å². The number of benzene rings is 2. The van der Waals surface area contributed by atoms with Crippen molar-refractivity contribution >= 4 is 16.9 Å². The Bertz CT molecular complexity index is 1040. The maximum Gasteiger partial charge on any atom is 0.406 e. The van der Waals surface area contributed by atoms with E-state index in [-0.39, 0.29) is 23.2 Å². The van der Waals surface area contributed by atoms with Crippen molar-refractivity contribution in [3.05, 3.63) is 70.1 Å². The van der Waals surface area contributed by atoms with Crippen LogP contribution in [0.15, 0.2) is 53.3 Å². The lowest BCUT2D eigenvalue weighted by Crippen LogP contribution is -2.33. The van der Waals surface area contributed by atoms with E-state index in [0.717, 1.165) is 5.56 Å². The molecule has 1 aromatic heterocycles. The van der Waals surface area contributed by atoms with Crippen LogP contribution in [0.5, 0.6) is 0 Å². The van der Waals surface area contributed by atoms with Gasteiger partial charge in [0.25, 0.3) is 5.91 Å². The smallest absolute Gasteiger partial charge is 0.394 e. The molecular weight excluding hydrogens is 375 g/mol. The number of alkyl halides is 3. The number of likely N-dealkylation sites (N-methyl/N-ethyl adjacent to an activating group) is 1. The van der Waals surface area contributed by atoms with Crippen LogP contribution in [-0.4, -0.2) is 45.3 Å². The van der Waals surface area contributed by atoms with Gasteiger partial charge in [-0.25, -0.2) is 4.79 Å². The van der Waals surface area contributed by atoms with Crippen molar-refractivity contribution in [2.45, 2.75) is 18.8 Å². The number of H-pyrrole nitrogens is 1. The molecule has 3 aromatic rings. The lowest BCUT2D eigenvalue weighted by atomic mass is 10.1. The normalized spacial score (nSPS) is 12.9. The van der Waals surface area contributed by atoms with Crippen LogP contribution in [0.1, 0.15) is 22.0 Å². The van der Waals surface area contributed by atoms with Gasteiger partial charge in [-0.15, -0.1) is 0 Å². The summed E-state index contributed by atoms with van der Waals surface area (Å²) in [5.74, 6) is -0.489. The van der Waals surface area contributed by atoms with Crippen molar-refractivity contribution in [1.82, 2.24) is 14.5 Å². The van der Waals surface area contributed by atoms with Gasteiger partial charge < -0.3 is 15.0 Å². The molecule has 28 heavy (non-hydrogen) atoms. The zero-order chi connectivity index (χ0) is 20.5. The number of nitrogens with zero attached hydrogens (tertiary/aromatic N) is 2. The molecule has 0 spiro atoms. The van der Waals surface area contributed by atoms with Crippen LogP contribution in [0.25, 0.3) is 11.0 Å². The van der Waals surface area contributed by atoms with Crippen LogP contribution >= 0.6 is 0 Å². The average Bonchev–Trinajstić information content (AvgIpc) is 2.96. The van der Waals surface area contributed by atoms with Crippen LogP contribution < -0.4 is 5.69 Å². The SMILES string of the molecule is CN(C(=O)c1ccc2[nH]c(=O)n(CC(F)(F)F)c2c1)C(CO)c1ccccc1. The minimum Gasteiger partial charge on any atom is -0.394 e. The summed E-state index contributed by atoms with van der Waals surface area (Å²) in [6.45, 7) is -1.78. The molecule has 148 valence electrons. The van der Waals surface area contributed by atoms with Crippen LogP contribution in [0.4, 0.5) is 13.2 Å². The Morgan fingerprint density at radius 3 is 2.50 bits per heavy atom. The van der Waals surface area contributed by atoms with Gasteiger partial charge in [0.15, 0.2) is 0 Å². The molecule has 1 amide bonds. The van der Waals surface area contributed by atoms with Gasteiger partial charge in [-0.05, 0) is 23.8 Å². The Morgan fingerprint density at radius 1 is 1.21 bits per heavy atom. The summed E-state index contributed by atoms with van der Waals surface area (Å²) in [4.78, 5) is 28.4. The van der Waals surface area contributed by atoms with Gasteiger partial charge in [0, 0.05) is 12.6 Å². The standard InChI is InChI=1S/C19H18F3N3O3/c1-24(16(10-26)12-5-3-2-4-6-12)17(27)13-7-8-14-15(9-13)25(18(28)23-14)11-19(20,21)22/h2-9,16,26H,10-11H2,1H3,(H,23,28). The average molecular weight is 393 g/mol. The number of aromatic amines is 1. The third-order valence-corrected chi connectivity index (χ3v) is 4.50. The fourth-order valence-corrected chi connectivity index (χ4v) is 3.09. The molecule has 0 aliphatic carbocycles. The van der Waals surface area contributed by atoms with E-state index in [1.54, 1.807) is 30.3 Å². The molecule has 0 aliphatic rings. The number of rotatable bonds is 5. The number of amides is 1. The van der Waals surface area contributed by atoms with Gasteiger partial charge in [-0.1, -0.05) is 30.3 Å². The number of aliphatic hydroxyl groups is 1. The molecule has 0 fully saturated rings. The van der Waals surface area contributed by atoms with Gasteiger partial charge in [-0.2, -0.15) is 13.2 Å². The van der Waals surface area contributed by atoms with Crippen molar-refractivity contribution in [2.75, 3.05) is 13.7 Å². The second-order valence-electron chi connectivity index (χ2n) is 6.39. The van der Waals surface area contributed by atoms with Gasteiger partial charge >= 0.3 is 11.9 Å². The van der Waals surface area contributed by atoms with Crippen molar-refractivity contribution < 1.29 is 23.1 Å². The first-order chi connectivity index (χ1) is 13.2. The summed E-state index contributed by atoms with van der Waals surface area (Å²) in [5, 5.41) is 9.72. The van der Waals surface area contributed by atoms with Gasteiger partial charge in [0.2, 0.25) is 0 Å². The van der Waals surface area contributed by atoms with E-state index in [9.17, 15) is 27.9 Å². The van der Waals surface area contributed by atoms with Gasteiger partial charge in [0.05, 0.1) is 23.7 Å². The number of carbonyl (C=O) groups is 1. The Morgan fingerprint density at radius 2 is 1.89 bits per heavy atom. The van der Waals surface area contributed by atoms with E-state index < -0.39 is 30.4 Å². The summed E-state index contributed by atoms with van der Waals surface area (Å²) in [5.41, 5.74) is 0.122. The Balaban J connectivity index is 1.97. The van der Waals surface area contributed by atoms with Crippen molar-refractivity contribution in [2.24, 2.45) is 0 Å². The number of nitrogens with one attached hydrogen (secondary N) is 1. The first-order valence-electron chi connectivity index (χ1n) is 8.43. The molecular formula is C19H18F3N3O3. The fraction of sp³-hybridized carbons (Fsp3) is 0.263. The maximum absolute atomic E-state index is 12.9. The van der Waals surface area contributed by atoms with Crippen molar-refractivity contribution in [3.63, 3.8) is 0 Å². The number of imidazole rings is 1. The third kappa shape index (κ3) is 3.94. The number of hydrogen-bond donors (Lipinski definition) is 2. The van der Waals surface area contributed by atoms with E-state index in [1.165, 1.54) is 30.1 Å². The number of hydrogen-bond acceptors (Lipinski definition) is 3. The molecule has 0 aliphatic heterocycles. The molecule has 0 bridgehead atoms. The molecule has 1 heterocycles. The van der Waals surface area contributed by atoms with Gasteiger partial charge in [0.1, 0.15) is 6.54 Å². The second kappa shape index (κ2) is 7.51. The minimum atomic E-state index is -4.58. The predicted molar refractivity (Wildman–Crippen MR) is 97.0 cm³/mol. The monoisotopic (exact) mass is 393 g/mol. The number of carbonyl (C=O) groups excluding carboxylic acids is 1. The Labute approximate surface area is 157 Å². The molecule has 9 heteroatoms. The van der Waals surface area contributed by atoms with E-state index in [0.29, 0.717) is 4.57 Å². The van der Waals surface area contributed by atoms with Crippen LogP contribution in [0.2, 0.25) is 0 Å². The summed E-state index contributed by atoms with van der Waals surface area (Å²) in [6, 6.07) is 12.3. The number of aliphatic hydroxyl groups excluding tert-OH is 1. The zero-order valence-corrected chi connectivity index (χ0v) is 14.9. The fourth-order valence-electron chi connectivity index (χ4n) is 3.09. The largest absolute Gasteiger partial charge is 0.406 e. The molecule has 2 aromatic carbocycles. The highest BCUT2D eigenvalue weighted by Crippen LogP contribution is 2.24. The molecule has 2 N–H and O–H groups in total. The van der Waals surface area contributed by atoms with Crippen LogP contribution in [-0.2, 0) is 6.54 Å². The summed E-state index contributed by atoms with van der Waals surface area (Å²) < 4.78 is 38.9. The summed E-state index contributed by atoms with van der Waals surface area (Å²) in [6.07, 6.45) is -4.58.